The highest BCUT2D eigenvalue weighted by atomic mass is 32.2. The van der Waals surface area contributed by atoms with E-state index in [0.29, 0.717) is 17.9 Å². The molecule has 0 bridgehead atoms. The van der Waals surface area contributed by atoms with Crippen LogP contribution in [0.25, 0.3) is 4.85 Å². The Labute approximate surface area is 84.1 Å². The zero-order valence-corrected chi connectivity index (χ0v) is 8.71. The SMILES string of the molecule is [C-]#[N+]CCc1cccc(S(C)(=O)=O)c1. The molecule has 3 nitrogen and oxygen atoms in total. The Kier molecular flexibility index (Phi) is 3.26. The van der Waals surface area contributed by atoms with Gasteiger partial charge in [0.2, 0.25) is 6.54 Å². The molecule has 0 aliphatic carbocycles. The van der Waals surface area contributed by atoms with Gasteiger partial charge in [0, 0.05) is 12.7 Å². The fraction of sp³-hybridized carbons (Fsp3) is 0.300. The Morgan fingerprint density at radius 3 is 2.71 bits per heavy atom. The summed E-state index contributed by atoms with van der Waals surface area (Å²) in [6.07, 6.45) is 1.79. The Morgan fingerprint density at radius 2 is 2.14 bits per heavy atom. The Bertz CT molecular complexity index is 457. The summed E-state index contributed by atoms with van der Waals surface area (Å²) in [6.45, 7) is 7.03. The van der Waals surface area contributed by atoms with Crippen LogP contribution in [0, 0.1) is 6.57 Å². The number of sulfone groups is 1. The maximum absolute atomic E-state index is 11.2. The first-order valence-corrected chi connectivity index (χ1v) is 6.05. The molecule has 0 aliphatic rings. The third-order valence-corrected chi connectivity index (χ3v) is 2.95. The van der Waals surface area contributed by atoms with Gasteiger partial charge in [-0.3, -0.25) is 0 Å². The molecule has 1 aromatic carbocycles. The van der Waals surface area contributed by atoms with Gasteiger partial charge in [-0.05, 0) is 17.7 Å². The number of nitrogens with zero attached hydrogens (tertiary/aromatic N) is 1. The minimum Gasteiger partial charge on any atom is -0.317 e. The van der Waals surface area contributed by atoms with Crippen molar-refractivity contribution in [3.8, 4) is 0 Å². The van der Waals surface area contributed by atoms with E-state index in [-0.39, 0.29) is 0 Å². The normalized spacial score (nSPS) is 10.9. The molecule has 0 radical (unpaired) electrons. The average molecular weight is 209 g/mol. The van der Waals surface area contributed by atoms with E-state index in [9.17, 15) is 8.42 Å². The molecule has 0 spiro atoms. The van der Waals surface area contributed by atoms with Crippen LogP contribution in [0.4, 0.5) is 0 Å². The summed E-state index contributed by atoms with van der Waals surface area (Å²) in [5, 5.41) is 0. The monoisotopic (exact) mass is 209 g/mol. The lowest BCUT2D eigenvalue weighted by molar-refractivity contribution is 0.601. The van der Waals surface area contributed by atoms with Crippen LogP contribution in [0.5, 0.6) is 0 Å². The summed E-state index contributed by atoms with van der Waals surface area (Å²) in [4.78, 5) is 3.54. The maximum Gasteiger partial charge on any atom is 0.218 e. The lowest BCUT2D eigenvalue weighted by Gasteiger charge is -2.00. The second-order valence-electron chi connectivity index (χ2n) is 3.05. The minimum absolute atomic E-state index is 0.319. The molecule has 0 unspecified atom stereocenters. The highest BCUT2D eigenvalue weighted by Gasteiger charge is 2.07. The Hall–Kier alpha value is -1.34. The predicted molar refractivity (Wildman–Crippen MR) is 54.7 cm³/mol. The van der Waals surface area contributed by atoms with Gasteiger partial charge in [-0.2, -0.15) is 0 Å². The number of hydrogen-bond acceptors (Lipinski definition) is 2. The molecule has 0 atom stereocenters. The number of benzene rings is 1. The number of rotatable bonds is 3. The van der Waals surface area contributed by atoms with E-state index in [4.69, 9.17) is 6.57 Å². The van der Waals surface area contributed by atoms with E-state index in [1.807, 2.05) is 6.07 Å². The summed E-state index contributed by atoms with van der Waals surface area (Å²) < 4.78 is 22.4. The molecule has 0 heterocycles. The van der Waals surface area contributed by atoms with Crippen LogP contribution < -0.4 is 0 Å². The Morgan fingerprint density at radius 1 is 1.43 bits per heavy atom. The third-order valence-electron chi connectivity index (χ3n) is 1.84. The van der Waals surface area contributed by atoms with E-state index < -0.39 is 9.84 Å². The second kappa shape index (κ2) is 4.25. The molecule has 1 aromatic rings. The van der Waals surface area contributed by atoms with E-state index >= 15 is 0 Å². The smallest absolute Gasteiger partial charge is 0.218 e. The molecule has 0 saturated carbocycles. The molecular weight excluding hydrogens is 198 g/mol. The zero-order chi connectivity index (χ0) is 10.6. The Balaban J connectivity index is 2.97. The van der Waals surface area contributed by atoms with Crippen molar-refractivity contribution in [1.82, 2.24) is 0 Å². The van der Waals surface area contributed by atoms with Crippen molar-refractivity contribution in [2.24, 2.45) is 0 Å². The first-order valence-electron chi connectivity index (χ1n) is 4.16. The lowest BCUT2D eigenvalue weighted by Crippen LogP contribution is -1.98. The summed E-state index contributed by atoms with van der Waals surface area (Å²) in [5.74, 6) is 0. The van der Waals surface area contributed by atoms with Crippen LogP contribution in [0.2, 0.25) is 0 Å². The number of hydrogen-bond donors (Lipinski definition) is 0. The molecule has 1 rings (SSSR count). The van der Waals surface area contributed by atoms with Crippen LogP contribution in [0.3, 0.4) is 0 Å². The standard InChI is InChI=1S/C10H11NO2S/c1-11-7-6-9-4-3-5-10(8-9)14(2,12)13/h3-5,8H,6-7H2,2H3. The molecule has 0 aromatic heterocycles. The van der Waals surface area contributed by atoms with E-state index in [1.165, 1.54) is 6.26 Å². The van der Waals surface area contributed by atoms with E-state index in [0.717, 1.165) is 5.56 Å². The molecule has 14 heavy (non-hydrogen) atoms. The van der Waals surface area contributed by atoms with Gasteiger partial charge in [-0.1, -0.05) is 12.1 Å². The van der Waals surface area contributed by atoms with Crippen molar-refractivity contribution in [3.05, 3.63) is 41.2 Å². The topological polar surface area (TPSA) is 38.5 Å². The fourth-order valence-corrected chi connectivity index (χ4v) is 1.81. The summed E-state index contributed by atoms with van der Waals surface area (Å²) >= 11 is 0. The average Bonchev–Trinajstić information content (AvgIpc) is 2.14. The molecule has 4 heteroatoms. The maximum atomic E-state index is 11.2. The van der Waals surface area contributed by atoms with Crippen LogP contribution >= 0.6 is 0 Å². The largest absolute Gasteiger partial charge is 0.317 e. The van der Waals surface area contributed by atoms with Gasteiger partial charge in [0.05, 0.1) is 4.90 Å². The fourth-order valence-electron chi connectivity index (χ4n) is 1.12. The van der Waals surface area contributed by atoms with Crippen molar-refractivity contribution >= 4 is 9.84 Å². The van der Waals surface area contributed by atoms with Crippen molar-refractivity contribution in [3.63, 3.8) is 0 Å². The van der Waals surface area contributed by atoms with Gasteiger partial charge in [0.15, 0.2) is 9.84 Å². The summed E-state index contributed by atoms with van der Waals surface area (Å²) in [7, 11) is -3.13. The summed E-state index contributed by atoms with van der Waals surface area (Å²) in [6, 6.07) is 6.73. The van der Waals surface area contributed by atoms with Crippen LogP contribution in [0.15, 0.2) is 29.2 Å². The minimum atomic E-state index is -3.13. The van der Waals surface area contributed by atoms with Gasteiger partial charge >= 0.3 is 0 Å². The highest BCUT2D eigenvalue weighted by molar-refractivity contribution is 7.90. The molecule has 0 amide bonds. The predicted octanol–water partition coefficient (Wildman–Crippen LogP) is 1.55. The van der Waals surface area contributed by atoms with Crippen LogP contribution in [-0.4, -0.2) is 21.2 Å². The highest BCUT2D eigenvalue weighted by Crippen LogP contribution is 2.11. The van der Waals surface area contributed by atoms with Crippen molar-refractivity contribution < 1.29 is 8.42 Å². The van der Waals surface area contributed by atoms with Gasteiger partial charge in [-0.25, -0.2) is 15.0 Å². The molecule has 0 saturated heterocycles. The molecular formula is C10H11NO2S. The van der Waals surface area contributed by atoms with Gasteiger partial charge in [0.25, 0.3) is 0 Å². The first-order chi connectivity index (χ1) is 6.54. The third kappa shape index (κ3) is 2.86. The molecule has 74 valence electrons. The molecule has 0 aliphatic heterocycles. The van der Waals surface area contributed by atoms with Gasteiger partial charge < -0.3 is 4.85 Å². The van der Waals surface area contributed by atoms with Gasteiger partial charge in [-0.15, -0.1) is 0 Å². The van der Waals surface area contributed by atoms with Crippen molar-refractivity contribution in [2.75, 3.05) is 12.8 Å². The van der Waals surface area contributed by atoms with Crippen LogP contribution in [0.1, 0.15) is 5.56 Å². The zero-order valence-electron chi connectivity index (χ0n) is 7.90. The van der Waals surface area contributed by atoms with Crippen molar-refractivity contribution in [1.29, 1.82) is 0 Å². The first kappa shape index (κ1) is 10.7. The quantitative estimate of drug-likeness (QED) is 0.708. The molecule has 0 N–H and O–H groups in total. The van der Waals surface area contributed by atoms with Gasteiger partial charge in [0.1, 0.15) is 0 Å². The van der Waals surface area contributed by atoms with Crippen molar-refractivity contribution in [2.45, 2.75) is 11.3 Å². The van der Waals surface area contributed by atoms with E-state index in [1.54, 1.807) is 18.2 Å². The second-order valence-corrected chi connectivity index (χ2v) is 5.07. The summed E-state index contributed by atoms with van der Waals surface area (Å²) in [5.41, 5.74) is 0.893. The van der Waals surface area contributed by atoms with Crippen LogP contribution in [-0.2, 0) is 16.3 Å². The molecule has 0 fully saturated rings. The lowest BCUT2D eigenvalue weighted by atomic mass is 10.1. The van der Waals surface area contributed by atoms with E-state index in [2.05, 4.69) is 4.85 Å².